The van der Waals surface area contributed by atoms with Gasteiger partial charge in [0.15, 0.2) is 5.69 Å². The Morgan fingerprint density at radius 2 is 2.11 bits per heavy atom. The van der Waals surface area contributed by atoms with Crippen LogP contribution in [0.4, 0.5) is 0 Å². The first kappa shape index (κ1) is 14.4. The van der Waals surface area contributed by atoms with E-state index in [4.69, 9.17) is 15.2 Å². The lowest BCUT2D eigenvalue weighted by atomic mass is 10.2. The third-order valence-corrected chi connectivity index (χ3v) is 1.83. The summed E-state index contributed by atoms with van der Waals surface area (Å²) in [6.45, 7) is 7.60. The van der Waals surface area contributed by atoms with Crippen molar-refractivity contribution in [3.8, 4) is 5.88 Å². The van der Waals surface area contributed by atoms with E-state index in [9.17, 15) is 4.79 Å². The molecule has 5 heteroatoms. The van der Waals surface area contributed by atoms with Gasteiger partial charge in [-0.05, 0) is 33.8 Å². The summed E-state index contributed by atoms with van der Waals surface area (Å²) in [6, 6.07) is 4.88. The molecule has 18 heavy (non-hydrogen) atoms. The molecule has 1 rings (SSSR count). The minimum atomic E-state index is -0.540. The van der Waals surface area contributed by atoms with E-state index >= 15 is 0 Å². The van der Waals surface area contributed by atoms with Gasteiger partial charge in [-0.2, -0.15) is 0 Å². The van der Waals surface area contributed by atoms with Crippen molar-refractivity contribution in [2.24, 2.45) is 5.73 Å². The van der Waals surface area contributed by atoms with Crippen LogP contribution in [0.1, 0.15) is 38.2 Å². The van der Waals surface area contributed by atoms with E-state index in [-0.39, 0.29) is 11.7 Å². The summed E-state index contributed by atoms with van der Waals surface area (Å²) in [5.74, 6) is -0.0931. The monoisotopic (exact) mass is 252 g/mol. The van der Waals surface area contributed by atoms with Gasteiger partial charge in [0, 0.05) is 12.1 Å². The van der Waals surface area contributed by atoms with Crippen molar-refractivity contribution in [3.63, 3.8) is 0 Å². The lowest BCUT2D eigenvalue weighted by molar-refractivity contribution is 0.00618. The van der Waals surface area contributed by atoms with Crippen LogP contribution in [0.3, 0.4) is 0 Å². The minimum Gasteiger partial charge on any atom is -0.476 e. The van der Waals surface area contributed by atoms with Crippen LogP contribution in [0.2, 0.25) is 0 Å². The number of carbonyl (C=O) groups is 1. The summed E-state index contributed by atoms with van der Waals surface area (Å²) in [4.78, 5) is 15.9. The minimum absolute atomic E-state index is 0.0861. The molecule has 0 spiro atoms. The van der Waals surface area contributed by atoms with Crippen LogP contribution in [0.15, 0.2) is 18.2 Å². The summed E-state index contributed by atoms with van der Waals surface area (Å²) in [6.07, 6.45) is 0. The Labute approximate surface area is 107 Å². The highest BCUT2D eigenvalue weighted by atomic mass is 16.6. The van der Waals surface area contributed by atoms with Gasteiger partial charge in [0.05, 0.1) is 0 Å². The van der Waals surface area contributed by atoms with E-state index in [1.807, 2.05) is 6.92 Å². The Morgan fingerprint density at radius 1 is 1.44 bits per heavy atom. The van der Waals surface area contributed by atoms with Gasteiger partial charge < -0.3 is 15.2 Å². The lowest BCUT2D eigenvalue weighted by Gasteiger charge is -2.19. The average Bonchev–Trinajstić information content (AvgIpc) is 2.24. The zero-order chi connectivity index (χ0) is 13.8. The first-order chi connectivity index (χ1) is 8.28. The molecular weight excluding hydrogens is 232 g/mol. The maximum atomic E-state index is 11.8. The van der Waals surface area contributed by atoms with Crippen molar-refractivity contribution in [3.05, 3.63) is 23.9 Å². The highest BCUT2D eigenvalue weighted by Gasteiger charge is 2.19. The third-order valence-electron chi connectivity index (χ3n) is 1.83. The Bertz CT molecular complexity index is 411. The number of esters is 1. The molecule has 0 aliphatic rings. The standard InChI is InChI=1S/C13H20N2O3/c1-9(14)8-17-11-7-5-6-10(15-11)12(16)18-13(2,3)4/h5-7,9H,8,14H2,1-4H3/t9-/m0/s1. The molecule has 0 saturated carbocycles. The molecule has 1 atom stereocenters. The molecule has 0 aromatic carbocycles. The lowest BCUT2D eigenvalue weighted by Crippen LogP contribution is -2.25. The molecule has 1 aromatic heterocycles. The van der Waals surface area contributed by atoms with E-state index in [1.54, 1.807) is 39.0 Å². The molecule has 0 radical (unpaired) electrons. The molecule has 0 aliphatic carbocycles. The quantitative estimate of drug-likeness (QED) is 0.826. The van der Waals surface area contributed by atoms with Crippen molar-refractivity contribution < 1.29 is 14.3 Å². The summed E-state index contributed by atoms with van der Waals surface area (Å²) in [7, 11) is 0. The van der Waals surface area contributed by atoms with E-state index in [2.05, 4.69) is 4.98 Å². The van der Waals surface area contributed by atoms with Crippen LogP contribution < -0.4 is 10.5 Å². The molecule has 0 saturated heterocycles. The highest BCUT2D eigenvalue weighted by molar-refractivity contribution is 5.87. The van der Waals surface area contributed by atoms with Crippen molar-refractivity contribution in [1.29, 1.82) is 0 Å². The first-order valence-electron chi connectivity index (χ1n) is 5.87. The van der Waals surface area contributed by atoms with Gasteiger partial charge in [0.2, 0.25) is 5.88 Å². The van der Waals surface area contributed by atoms with Gasteiger partial charge >= 0.3 is 5.97 Å². The van der Waals surface area contributed by atoms with Gasteiger partial charge in [-0.25, -0.2) is 9.78 Å². The molecular formula is C13H20N2O3. The zero-order valence-corrected chi connectivity index (χ0v) is 11.3. The zero-order valence-electron chi connectivity index (χ0n) is 11.3. The van der Waals surface area contributed by atoms with Crippen molar-refractivity contribution in [2.75, 3.05) is 6.61 Å². The largest absolute Gasteiger partial charge is 0.476 e. The fraction of sp³-hybridized carbons (Fsp3) is 0.538. The van der Waals surface area contributed by atoms with Crippen LogP contribution in [0.5, 0.6) is 5.88 Å². The molecule has 0 bridgehead atoms. The number of pyridine rings is 1. The number of carbonyl (C=O) groups excluding carboxylic acids is 1. The van der Waals surface area contributed by atoms with Crippen LogP contribution in [0, 0.1) is 0 Å². The second-order valence-corrected chi connectivity index (χ2v) is 5.15. The number of rotatable bonds is 4. The third kappa shape index (κ3) is 5.14. The average molecular weight is 252 g/mol. The molecule has 0 unspecified atom stereocenters. The first-order valence-corrected chi connectivity index (χ1v) is 5.87. The van der Waals surface area contributed by atoms with Gasteiger partial charge in [-0.1, -0.05) is 6.07 Å². The molecule has 5 nitrogen and oxygen atoms in total. The summed E-state index contributed by atoms with van der Waals surface area (Å²) >= 11 is 0. The summed E-state index contributed by atoms with van der Waals surface area (Å²) in [5.41, 5.74) is 5.27. The molecule has 1 heterocycles. The second kappa shape index (κ2) is 5.82. The van der Waals surface area contributed by atoms with Crippen LogP contribution in [-0.2, 0) is 4.74 Å². The number of hydrogen-bond acceptors (Lipinski definition) is 5. The highest BCUT2D eigenvalue weighted by Crippen LogP contribution is 2.13. The SMILES string of the molecule is C[C@H](N)COc1cccc(C(=O)OC(C)(C)C)n1. The maximum absolute atomic E-state index is 11.8. The van der Waals surface area contributed by atoms with E-state index in [0.29, 0.717) is 12.5 Å². The molecule has 0 aliphatic heterocycles. The Kier molecular flexibility index (Phi) is 4.67. The fourth-order valence-corrected chi connectivity index (χ4v) is 1.16. The molecule has 0 fully saturated rings. The second-order valence-electron chi connectivity index (χ2n) is 5.15. The number of aromatic nitrogens is 1. The van der Waals surface area contributed by atoms with E-state index in [1.165, 1.54) is 0 Å². The van der Waals surface area contributed by atoms with Gasteiger partial charge in [-0.15, -0.1) is 0 Å². The van der Waals surface area contributed by atoms with Crippen molar-refractivity contribution in [2.45, 2.75) is 39.3 Å². The summed E-state index contributed by atoms with van der Waals surface area (Å²) < 4.78 is 10.6. The molecule has 0 amide bonds. The Morgan fingerprint density at radius 3 is 2.67 bits per heavy atom. The van der Waals surface area contributed by atoms with Gasteiger partial charge in [-0.3, -0.25) is 0 Å². The number of nitrogens with two attached hydrogens (primary N) is 1. The normalized spacial score (nSPS) is 12.9. The van der Waals surface area contributed by atoms with Crippen LogP contribution >= 0.6 is 0 Å². The van der Waals surface area contributed by atoms with Crippen LogP contribution in [0.25, 0.3) is 0 Å². The van der Waals surface area contributed by atoms with Gasteiger partial charge in [0.25, 0.3) is 0 Å². The number of nitrogens with zero attached hydrogens (tertiary/aromatic N) is 1. The predicted octanol–water partition coefficient (Wildman–Crippen LogP) is 1.76. The van der Waals surface area contributed by atoms with E-state index in [0.717, 1.165) is 0 Å². The van der Waals surface area contributed by atoms with Gasteiger partial charge in [0.1, 0.15) is 12.2 Å². The smallest absolute Gasteiger partial charge is 0.357 e. The molecule has 100 valence electrons. The Hall–Kier alpha value is -1.62. The Balaban J connectivity index is 2.72. The van der Waals surface area contributed by atoms with E-state index < -0.39 is 11.6 Å². The fourth-order valence-electron chi connectivity index (χ4n) is 1.16. The predicted molar refractivity (Wildman–Crippen MR) is 68.5 cm³/mol. The van der Waals surface area contributed by atoms with Crippen molar-refractivity contribution in [1.82, 2.24) is 4.98 Å². The maximum Gasteiger partial charge on any atom is 0.357 e. The van der Waals surface area contributed by atoms with Crippen molar-refractivity contribution >= 4 is 5.97 Å². The summed E-state index contributed by atoms with van der Waals surface area (Å²) in [5, 5.41) is 0. The van der Waals surface area contributed by atoms with Crippen LogP contribution in [-0.4, -0.2) is 29.2 Å². The number of hydrogen-bond donors (Lipinski definition) is 1. The topological polar surface area (TPSA) is 74.4 Å². The molecule has 2 N–H and O–H groups in total. The molecule has 1 aromatic rings. The number of ether oxygens (including phenoxy) is 2.